The molecule has 0 fully saturated rings. The lowest BCUT2D eigenvalue weighted by Crippen LogP contribution is -2.12. The topological polar surface area (TPSA) is 61.8 Å². The fourth-order valence-corrected chi connectivity index (χ4v) is 2.52. The lowest BCUT2D eigenvalue weighted by atomic mass is 9.93. The van der Waals surface area contributed by atoms with E-state index < -0.39 is 0 Å². The molecule has 140 valence electrons. The number of hydrogen-bond donors (Lipinski definition) is 0. The highest BCUT2D eigenvalue weighted by atomic mass is 16.5. The van der Waals surface area contributed by atoms with Crippen molar-refractivity contribution in [2.45, 2.75) is 51.4 Å². The Hall–Kier alpha value is -1.88. The monoisotopic (exact) mass is 350 g/mol. The van der Waals surface area contributed by atoms with E-state index in [2.05, 4.69) is 12.1 Å². The number of benzene rings is 1. The van der Waals surface area contributed by atoms with Crippen LogP contribution in [0.4, 0.5) is 0 Å². The van der Waals surface area contributed by atoms with E-state index in [4.69, 9.17) is 14.2 Å². The standard InChI is InChI=1S/C20H30O5/c1-3-14-24-19(21)10-7-11-20(22)25-16-13-18(12-15-23-2)17-8-5-4-6-9-17/h4-6,8-9,18H,3,7,10-16H2,1-2H3. The molecule has 0 aliphatic heterocycles. The van der Waals surface area contributed by atoms with E-state index in [0.29, 0.717) is 32.2 Å². The number of ether oxygens (including phenoxy) is 3. The molecule has 1 unspecified atom stereocenters. The summed E-state index contributed by atoms with van der Waals surface area (Å²) < 4.78 is 15.4. The minimum absolute atomic E-state index is 0.245. The average Bonchev–Trinajstić information content (AvgIpc) is 2.63. The van der Waals surface area contributed by atoms with Crippen LogP contribution in [0, 0.1) is 0 Å². The lowest BCUT2D eigenvalue weighted by molar-refractivity contribution is -0.145. The van der Waals surface area contributed by atoms with Gasteiger partial charge in [0, 0.05) is 26.6 Å². The Morgan fingerprint density at radius 2 is 1.52 bits per heavy atom. The molecule has 0 amide bonds. The maximum absolute atomic E-state index is 11.8. The summed E-state index contributed by atoms with van der Waals surface area (Å²) in [4.78, 5) is 23.1. The summed E-state index contributed by atoms with van der Waals surface area (Å²) in [5.74, 6) is -0.210. The van der Waals surface area contributed by atoms with Crippen molar-refractivity contribution < 1.29 is 23.8 Å². The molecule has 0 aliphatic carbocycles. The summed E-state index contributed by atoms with van der Waals surface area (Å²) in [6.45, 7) is 3.43. The zero-order chi connectivity index (χ0) is 18.3. The first-order valence-electron chi connectivity index (χ1n) is 9.02. The second-order valence-electron chi connectivity index (χ2n) is 5.97. The Morgan fingerprint density at radius 1 is 0.920 bits per heavy atom. The first-order chi connectivity index (χ1) is 12.2. The van der Waals surface area contributed by atoms with Crippen molar-refractivity contribution in [2.24, 2.45) is 0 Å². The smallest absolute Gasteiger partial charge is 0.305 e. The van der Waals surface area contributed by atoms with E-state index in [0.717, 1.165) is 19.3 Å². The molecule has 5 heteroatoms. The molecule has 25 heavy (non-hydrogen) atoms. The van der Waals surface area contributed by atoms with Gasteiger partial charge in [-0.1, -0.05) is 37.3 Å². The first kappa shape index (κ1) is 21.2. The maximum atomic E-state index is 11.8. The van der Waals surface area contributed by atoms with Crippen molar-refractivity contribution in [3.05, 3.63) is 35.9 Å². The fraction of sp³-hybridized carbons (Fsp3) is 0.600. The van der Waals surface area contributed by atoms with Gasteiger partial charge < -0.3 is 14.2 Å². The molecular formula is C20H30O5. The minimum Gasteiger partial charge on any atom is -0.466 e. The molecule has 0 saturated carbocycles. The minimum atomic E-state index is -0.262. The van der Waals surface area contributed by atoms with Crippen molar-refractivity contribution in [1.82, 2.24) is 0 Å². The predicted molar refractivity (Wildman–Crippen MR) is 96.4 cm³/mol. The molecule has 0 bridgehead atoms. The molecule has 0 spiro atoms. The summed E-state index contributed by atoms with van der Waals surface area (Å²) in [5, 5.41) is 0. The molecule has 0 saturated heterocycles. The Balaban J connectivity index is 2.26. The van der Waals surface area contributed by atoms with Crippen LogP contribution >= 0.6 is 0 Å². The van der Waals surface area contributed by atoms with Gasteiger partial charge in [0.1, 0.15) is 0 Å². The Morgan fingerprint density at radius 3 is 2.12 bits per heavy atom. The third kappa shape index (κ3) is 9.87. The number of methoxy groups -OCH3 is 1. The van der Waals surface area contributed by atoms with Crippen LogP contribution in [0.2, 0.25) is 0 Å². The van der Waals surface area contributed by atoms with Crippen LogP contribution in [-0.2, 0) is 23.8 Å². The zero-order valence-corrected chi connectivity index (χ0v) is 15.4. The van der Waals surface area contributed by atoms with E-state index in [1.165, 1.54) is 5.56 Å². The van der Waals surface area contributed by atoms with Gasteiger partial charge in [0.15, 0.2) is 0 Å². The molecule has 1 aromatic carbocycles. The van der Waals surface area contributed by atoms with Gasteiger partial charge in [0.25, 0.3) is 0 Å². The first-order valence-corrected chi connectivity index (χ1v) is 9.02. The predicted octanol–water partition coefficient (Wildman–Crippen LogP) is 3.86. The summed E-state index contributed by atoms with van der Waals surface area (Å²) in [6.07, 6.45) is 3.43. The summed E-state index contributed by atoms with van der Waals surface area (Å²) in [7, 11) is 1.69. The zero-order valence-electron chi connectivity index (χ0n) is 15.4. The third-order valence-corrected chi connectivity index (χ3v) is 3.90. The molecule has 1 aromatic rings. The normalized spacial score (nSPS) is 11.8. The molecule has 0 aromatic heterocycles. The van der Waals surface area contributed by atoms with Crippen LogP contribution in [0.3, 0.4) is 0 Å². The van der Waals surface area contributed by atoms with Crippen LogP contribution in [0.5, 0.6) is 0 Å². The lowest BCUT2D eigenvalue weighted by Gasteiger charge is -2.17. The van der Waals surface area contributed by atoms with Gasteiger partial charge in [-0.25, -0.2) is 0 Å². The molecule has 0 aliphatic rings. The van der Waals surface area contributed by atoms with Crippen molar-refractivity contribution in [3.63, 3.8) is 0 Å². The van der Waals surface area contributed by atoms with E-state index >= 15 is 0 Å². The van der Waals surface area contributed by atoms with Gasteiger partial charge in [0.2, 0.25) is 0 Å². The van der Waals surface area contributed by atoms with Gasteiger partial charge in [-0.05, 0) is 37.2 Å². The summed E-state index contributed by atoms with van der Waals surface area (Å²) in [5.41, 5.74) is 1.23. The van der Waals surface area contributed by atoms with Crippen LogP contribution in [0.25, 0.3) is 0 Å². The number of carbonyl (C=O) groups excluding carboxylic acids is 2. The molecule has 5 nitrogen and oxygen atoms in total. The van der Waals surface area contributed by atoms with Gasteiger partial charge >= 0.3 is 11.9 Å². The number of esters is 2. The number of hydrogen-bond acceptors (Lipinski definition) is 5. The van der Waals surface area contributed by atoms with E-state index in [-0.39, 0.29) is 24.8 Å². The van der Waals surface area contributed by atoms with Crippen LogP contribution in [0.1, 0.15) is 56.9 Å². The quantitative estimate of drug-likeness (QED) is 0.506. The number of carbonyl (C=O) groups is 2. The van der Waals surface area contributed by atoms with Gasteiger partial charge in [-0.3, -0.25) is 9.59 Å². The highest BCUT2D eigenvalue weighted by Crippen LogP contribution is 2.23. The second-order valence-corrected chi connectivity index (χ2v) is 5.97. The highest BCUT2D eigenvalue weighted by molar-refractivity contribution is 5.72. The van der Waals surface area contributed by atoms with Gasteiger partial charge in [0.05, 0.1) is 13.2 Å². The van der Waals surface area contributed by atoms with E-state index in [1.54, 1.807) is 7.11 Å². The molecular weight excluding hydrogens is 320 g/mol. The largest absolute Gasteiger partial charge is 0.466 e. The molecule has 1 atom stereocenters. The molecule has 0 heterocycles. The van der Waals surface area contributed by atoms with Crippen LogP contribution in [0.15, 0.2) is 30.3 Å². The van der Waals surface area contributed by atoms with Gasteiger partial charge in [-0.15, -0.1) is 0 Å². The van der Waals surface area contributed by atoms with Crippen molar-refractivity contribution in [2.75, 3.05) is 26.9 Å². The molecule has 1 rings (SSSR count). The number of rotatable bonds is 13. The summed E-state index contributed by atoms with van der Waals surface area (Å²) in [6, 6.07) is 10.2. The Bertz CT molecular complexity index is 486. The third-order valence-electron chi connectivity index (χ3n) is 3.90. The molecule has 0 N–H and O–H groups in total. The van der Waals surface area contributed by atoms with E-state index in [1.807, 2.05) is 25.1 Å². The van der Waals surface area contributed by atoms with Crippen LogP contribution in [-0.4, -0.2) is 38.9 Å². The maximum Gasteiger partial charge on any atom is 0.305 e. The Kier molecular flexibility index (Phi) is 11.4. The SMILES string of the molecule is CCCOC(=O)CCCC(=O)OCCC(CCOC)c1ccccc1. The fourth-order valence-electron chi connectivity index (χ4n) is 2.52. The van der Waals surface area contributed by atoms with Crippen LogP contribution < -0.4 is 0 Å². The van der Waals surface area contributed by atoms with Gasteiger partial charge in [-0.2, -0.15) is 0 Å². The summed E-state index contributed by atoms with van der Waals surface area (Å²) >= 11 is 0. The van der Waals surface area contributed by atoms with Crippen molar-refractivity contribution in [3.8, 4) is 0 Å². The highest BCUT2D eigenvalue weighted by Gasteiger charge is 2.13. The van der Waals surface area contributed by atoms with Crippen molar-refractivity contribution >= 4 is 11.9 Å². The molecule has 0 radical (unpaired) electrons. The van der Waals surface area contributed by atoms with Crippen molar-refractivity contribution in [1.29, 1.82) is 0 Å². The second kappa shape index (κ2) is 13.4. The Labute approximate surface area is 150 Å². The van der Waals surface area contributed by atoms with E-state index in [9.17, 15) is 9.59 Å². The average molecular weight is 350 g/mol.